The highest BCUT2D eigenvalue weighted by molar-refractivity contribution is 5.50. The lowest BCUT2D eigenvalue weighted by molar-refractivity contribution is -0.137. The number of methoxy groups -OCH3 is 1. The Balaban J connectivity index is 1.45. The number of benzene rings is 1. The molecule has 2 aromatic heterocycles. The molecular formula is C22H23F3N4O3. The molecule has 170 valence electrons. The normalized spacial score (nSPS) is 17.1. The standard InChI is InChI=1S/C22H23F3N4O3/c1-30-11-12-31-17-8-9-26-18(13-17)20-27-21(32-28-20)19-3-2-10-29(19)14-15-4-6-16(7-5-15)22(23,24)25/h4-9,13,19H,2-3,10-12,14H2,1H3. The summed E-state index contributed by atoms with van der Waals surface area (Å²) < 4.78 is 54.5. The smallest absolute Gasteiger partial charge is 0.416 e. The van der Waals surface area contributed by atoms with Gasteiger partial charge in [-0.3, -0.25) is 9.88 Å². The molecule has 3 aromatic rings. The third-order valence-corrected chi connectivity index (χ3v) is 5.27. The van der Waals surface area contributed by atoms with E-state index in [0.29, 0.717) is 42.9 Å². The SMILES string of the molecule is COCCOc1ccnc(-c2noc(C3CCCN3Cc3ccc(C(F)(F)F)cc3)n2)c1. The summed E-state index contributed by atoms with van der Waals surface area (Å²) in [5.41, 5.74) is 0.677. The molecule has 1 aliphatic rings. The van der Waals surface area contributed by atoms with Gasteiger partial charge in [0, 0.05) is 25.9 Å². The largest absolute Gasteiger partial charge is 0.491 e. The van der Waals surface area contributed by atoms with Crippen molar-refractivity contribution >= 4 is 0 Å². The molecule has 32 heavy (non-hydrogen) atoms. The van der Waals surface area contributed by atoms with Crippen LogP contribution in [-0.4, -0.2) is 46.9 Å². The molecule has 1 unspecified atom stereocenters. The molecule has 7 nitrogen and oxygen atoms in total. The molecule has 0 amide bonds. The third kappa shape index (κ3) is 5.25. The second kappa shape index (κ2) is 9.66. The van der Waals surface area contributed by atoms with Gasteiger partial charge in [-0.1, -0.05) is 17.3 Å². The van der Waals surface area contributed by atoms with Crippen molar-refractivity contribution in [1.29, 1.82) is 0 Å². The number of hydrogen-bond acceptors (Lipinski definition) is 7. The molecular weight excluding hydrogens is 425 g/mol. The molecule has 1 atom stereocenters. The third-order valence-electron chi connectivity index (χ3n) is 5.27. The van der Waals surface area contributed by atoms with Crippen molar-refractivity contribution in [3.05, 3.63) is 59.6 Å². The first-order valence-corrected chi connectivity index (χ1v) is 10.3. The molecule has 0 N–H and O–H groups in total. The second-order valence-electron chi connectivity index (χ2n) is 7.50. The predicted molar refractivity (Wildman–Crippen MR) is 109 cm³/mol. The first kappa shape index (κ1) is 22.2. The fourth-order valence-electron chi connectivity index (χ4n) is 3.67. The van der Waals surface area contributed by atoms with Crippen molar-refractivity contribution in [3.8, 4) is 17.3 Å². The predicted octanol–water partition coefficient (Wildman–Crippen LogP) is 4.51. The maximum absolute atomic E-state index is 12.8. The summed E-state index contributed by atoms with van der Waals surface area (Å²) in [6, 6.07) is 8.62. The van der Waals surface area contributed by atoms with Gasteiger partial charge in [-0.25, -0.2) is 0 Å². The van der Waals surface area contributed by atoms with E-state index < -0.39 is 11.7 Å². The zero-order valence-electron chi connectivity index (χ0n) is 17.5. The van der Waals surface area contributed by atoms with Gasteiger partial charge in [-0.05, 0) is 43.1 Å². The first-order chi connectivity index (χ1) is 15.4. The minimum Gasteiger partial charge on any atom is -0.491 e. The molecule has 4 rings (SSSR count). The molecule has 0 radical (unpaired) electrons. The zero-order valence-corrected chi connectivity index (χ0v) is 17.5. The van der Waals surface area contributed by atoms with Crippen LogP contribution in [0.3, 0.4) is 0 Å². The molecule has 0 spiro atoms. The quantitative estimate of drug-likeness (QED) is 0.470. The number of nitrogens with zero attached hydrogens (tertiary/aromatic N) is 4. The lowest BCUT2D eigenvalue weighted by Crippen LogP contribution is -2.23. The van der Waals surface area contributed by atoms with Gasteiger partial charge < -0.3 is 14.0 Å². The van der Waals surface area contributed by atoms with Gasteiger partial charge in [-0.2, -0.15) is 18.2 Å². The Morgan fingerprint density at radius 2 is 1.97 bits per heavy atom. The summed E-state index contributed by atoms with van der Waals surface area (Å²) in [6.07, 6.45) is -0.963. The molecule has 0 saturated carbocycles. The van der Waals surface area contributed by atoms with E-state index in [2.05, 4.69) is 20.0 Å². The van der Waals surface area contributed by atoms with Gasteiger partial charge in [-0.15, -0.1) is 0 Å². The summed E-state index contributed by atoms with van der Waals surface area (Å²) in [5.74, 6) is 1.46. The van der Waals surface area contributed by atoms with Crippen LogP contribution in [0.2, 0.25) is 0 Å². The number of pyridine rings is 1. The number of halogens is 3. The van der Waals surface area contributed by atoms with E-state index in [1.54, 1.807) is 25.4 Å². The van der Waals surface area contributed by atoms with Crippen LogP contribution in [-0.2, 0) is 17.5 Å². The fraction of sp³-hybridized carbons (Fsp3) is 0.409. The van der Waals surface area contributed by atoms with Crippen LogP contribution < -0.4 is 4.74 Å². The molecule has 1 aromatic carbocycles. The van der Waals surface area contributed by atoms with Gasteiger partial charge in [0.05, 0.1) is 18.2 Å². The van der Waals surface area contributed by atoms with Crippen molar-refractivity contribution < 1.29 is 27.2 Å². The molecule has 0 aliphatic carbocycles. The minimum absolute atomic E-state index is 0.0975. The maximum atomic E-state index is 12.8. The van der Waals surface area contributed by atoms with E-state index in [9.17, 15) is 13.2 Å². The number of likely N-dealkylation sites (tertiary alicyclic amines) is 1. The molecule has 1 fully saturated rings. The van der Waals surface area contributed by atoms with Crippen LogP contribution in [0.15, 0.2) is 47.1 Å². The Kier molecular flexibility index (Phi) is 6.71. The summed E-state index contributed by atoms with van der Waals surface area (Å²) in [7, 11) is 1.60. The number of aromatic nitrogens is 3. The topological polar surface area (TPSA) is 73.5 Å². The summed E-state index contributed by atoms with van der Waals surface area (Å²) >= 11 is 0. The van der Waals surface area contributed by atoms with Crippen LogP contribution in [0.25, 0.3) is 11.5 Å². The summed E-state index contributed by atoms with van der Waals surface area (Å²) in [5, 5.41) is 4.07. The Morgan fingerprint density at radius 3 is 2.72 bits per heavy atom. The highest BCUT2D eigenvalue weighted by Crippen LogP contribution is 2.34. The molecule has 1 saturated heterocycles. The van der Waals surface area contributed by atoms with Crippen LogP contribution in [0.5, 0.6) is 5.75 Å². The number of hydrogen-bond donors (Lipinski definition) is 0. The number of alkyl halides is 3. The van der Waals surface area contributed by atoms with Crippen LogP contribution in [0, 0.1) is 0 Å². The maximum Gasteiger partial charge on any atom is 0.416 e. The fourth-order valence-corrected chi connectivity index (χ4v) is 3.67. The van der Waals surface area contributed by atoms with Gasteiger partial charge in [0.25, 0.3) is 0 Å². The zero-order chi connectivity index (χ0) is 22.6. The lowest BCUT2D eigenvalue weighted by atomic mass is 10.1. The highest BCUT2D eigenvalue weighted by atomic mass is 19.4. The van der Waals surface area contributed by atoms with E-state index >= 15 is 0 Å². The van der Waals surface area contributed by atoms with Crippen molar-refractivity contribution in [2.45, 2.75) is 31.6 Å². The number of rotatable bonds is 8. The highest BCUT2D eigenvalue weighted by Gasteiger charge is 2.32. The second-order valence-corrected chi connectivity index (χ2v) is 7.50. The average Bonchev–Trinajstić information content (AvgIpc) is 3.43. The Hall–Kier alpha value is -2.98. The van der Waals surface area contributed by atoms with E-state index in [1.165, 1.54) is 12.1 Å². The summed E-state index contributed by atoms with van der Waals surface area (Å²) in [4.78, 5) is 11.0. The Bertz CT molecular complexity index is 1020. The average molecular weight is 448 g/mol. The number of ether oxygens (including phenoxy) is 2. The van der Waals surface area contributed by atoms with Crippen molar-refractivity contribution in [2.24, 2.45) is 0 Å². The van der Waals surface area contributed by atoms with Crippen LogP contribution >= 0.6 is 0 Å². The van der Waals surface area contributed by atoms with E-state index in [-0.39, 0.29) is 6.04 Å². The van der Waals surface area contributed by atoms with Crippen molar-refractivity contribution in [3.63, 3.8) is 0 Å². The molecule has 1 aliphatic heterocycles. The molecule has 10 heteroatoms. The van der Waals surface area contributed by atoms with Gasteiger partial charge in [0.15, 0.2) is 0 Å². The van der Waals surface area contributed by atoms with Gasteiger partial charge in [0.2, 0.25) is 11.7 Å². The van der Waals surface area contributed by atoms with Crippen molar-refractivity contribution in [2.75, 3.05) is 26.9 Å². The summed E-state index contributed by atoms with van der Waals surface area (Å²) in [6.45, 7) is 2.19. The van der Waals surface area contributed by atoms with E-state index in [4.69, 9.17) is 14.0 Å². The van der Waals surface area contributed by atoms with Crippen LogP contribution in [0.4, 0.5) is 13.2 Å². The minimum atomic E-state index is -4.34. The first-order valence-electron chi connectivity index (χ1n) is 10.3. The van der Waals surface area contributed by atoms with Crippen LogP contribution in [0.1, 0.15) is 35.9 Å². The molecule has 3 heterocycles. The van der Waals surface area contributed by atoms with E-state index in [1.807, 2.05) is 0 Å². The monoisotopic (exact) mass is 448 g/mol. The lowest BCUT2D eigenvalue weighted by Gasteiger charge is -2.21. The van der Waals surface area contributed by atoms with Gasteiger partial charge >= 0.3 is 6.18 Å². The van der Waals surface area contributed by atoms with Gasteiger partial charge in [0.1, 0.15) is 18.1 Å². The molecule has 0 bridgehead atoms. The van der Waals surface area contributed by atoms with Crippen molar-refractivity contribution in [1.82, 2.24) is 20.0 Å². The Morgan fingerprint density at radius 1 is 1.16 bits per heavy atom. The van der Waals surface area contributed by atoms with E-state index in [0.717, 1.165) is 37.1 Å². The Labute approximate surface area is 183 Å².